The standard InChI is InChI=1S/C11H12N4O4S/c1-6(8(16)13-10(17)12-2)20-11-15-14-9(19-11)7-4-3-5-18-7/h3-6H,1-2H3,(H2,12,13,16,17)/t6-/m1/s1. The van der Waals surface area contributed by atoms with Crippen LogP contribution in [0.5, 0.6) is 0 Å². The minimum atomic E-state index is -0.566. The van der Waals surface area contributed by atoms with Crippen molar-refractivity contribution >= 4 is 23.7 Å². The van der Waals surface area contributed by atoms with Crippen molar-refractivity contribution in [2.24, 2.45) is 0 Å². The van der Waals surface area contributed by atoms with Gasteiger partial charge in [-0.15, -0.1) is 10.2 Å². The number of urea groups is 1. The van der Waals surface area contributed by atoms with E-state index in [1.165, 1.54) is 13.3 Å². The second-order valence-electron chi connectivity index (χ2n) is 3.68. The SMILES string of the molecule is CNC(=O)NC(=O)[C@@H](C)Sc1nnc(-c2ccco2)o1. The fraction of sp³-hybridized carbons (Fsp3) is 0.273. The van der Waals surface area contributed by atoms with Crippen LogP contribution in [-0.2, 0) is 4.79 Å². The Bertz CT molecular complexity index is 595. The van der Waals surface area contributed by atoms with E-state index in [9.17, 15) is 9.59 Å². The number of thioether (sulfide) groups is 1. The highest BCUT2D eigenvalue weighted by Gasteiger charge is 2.20. The van der Waals surface area contributed by atoms with Gasteiger partial charge in [0.2, 0.25) is 5.91 Å². The Kier molecular flexibility index (Phi) is 4.41. The lowest BCUT2D eigenvalue weighted by Gasteiger charge is -2.07. The molecule has 2 heterocycles. The average molecular weight is 296 g/mol. The predicted octanol–water partition coefficient (Wildman–Crippen LogP) is 1.27. The number of hydrogen-bond acceptors (Lipinski definition) is 7. The van der Waals surface area contributed by atoms with E-state index in [0.29, 0.717) is 5.76 Å². The summed E-state index contributed by atoms with van der Waals surface area (Å²) in [7, 11) is 1.42. The molecule has 3 amide bonds. The van der Waals surface area contributed by atoms with Crippen molar-refractivity contribution in [2.45, 2.75) is 17.4 Å². The van der Waals surface area contributed by atoms with Crippen LogP contribution >= 0.6 is 11.8 Å². The van der Waals surface area contributed by atoms with E-state index in [0.717, 1.165) is 11.8 Å². The molecule has 20 heavy (non-hydrogen) atoms. The minimum Gasteiger partial charge on any atom is -0.459 e. The smallest absolute Gasteiger partial charge is 0.321 e. The van der Waals surface area contributed by atoms with Crippen molar-refractivity contribution in [3.8, 4) is 11.7 Å². The van der Waals surface area contributed by atoms with Crippen molar-refractivity contribution in [3.05, 3.63) is 18.4 Å². The lowest BCUT2D eigenvalue weighted by atomic mass is 10.4. The van der Waals surface area contributed by atoms with Crippen molar-refractivity contribution < 1.29 is 18.4 Å². The van der Waals surface area contributed by atoms with Gasteiger partial charge in [-0.3, -0.25) is 10.1 Å². The molecule has 0 saturated heterocycles. The van der Waals surface area contributed by atoms with E-state index < -0.39 is 17.2 Å². The molecule has 0 spiro atoms. The molecule has 0 unspecified atom stereocenters. The molecule has 0 radical (unpaired) electrons. The molecule has 2 aromatic heterocycles. The molecule has 0 aliphatic carbocycles. The van der Waals surface area contributed by atoms with Crippen molar-refractivity contribution in [3.63, 3.8) is 0 Å². The first-order valence-electron chi connectivity index (χ1n) is 5.66. The zero-order valence-electron chi connectivity index (χ0n) is 10.7. The summed E-state index contributed by atoms with van der Waals surface area (Å²) in [6.07, 6.45) is 1.49. The number of nitrogens with one attached hydrogen (secondary N) is 2. The fourth-order valence-electron chi connectivity index (χ4n) is 1.24. The number of hydrogen-bond donors (Lipinski definition) is 2. The summed E-state index contributed by atoms with van der Waals surface area (Å²) < 4.78 is 10.5. The summed E-state index contributed by atoms with van der Waals surface area (Å²) in [5.74, 6) is 0.232. The lowest BCUT2D eigenvalue weighted by molar-refractivity contribution is -0.119. The van der Waals surface area contributed by atoms with Gasteiger partial charge in [0.1, 0.15) is 0 Å². The van der Waals surface area contributed by atoms with E-state index in [2.05, 4.69) is 20.8 Å². The highest BCUT2D eigenvalue weighted by molar-refractivity contribution is 8.00. The first-order valence-corrected chi connectivity index (χ1v) is 6.54. The topological polar surface area (TPSA) is 110 Å². The van der Waals surface area contributed by atoms with Gasteiger partial charge in [0.15, 0.2) is 5.76 Å². The van der Waals surface area contributed by atoms with Crippen LogP contribution in [0.4, 0.5) is 4.79 Å². The van der Waals surface area contributed by atoms with Crippen LogP contribution < -0.4 is 10.6 Å². The zero-order chi connectivity index (χ0) is 14.5. The molecule has 1 atom stereocenters. The maximum absolute atomic E-state index is 11.7. The summed E-state index contributed by atoms with van der Waals surface area (Å²) in [5.41, 5.74) is 0. The van der Waals surface area contributed by atoms with Gasteiger partial charge in [0, 0.05) is 7.05 Å². The average Bonchev–Trinajstić information content (AvgIpc) is 3.08. The van der Waals surface area contributed by atoms with E-state index in [1.54, 1.807) is 19.1 Å². The molecule has 9 heteroatoms. The normalized spacial score (nSPS) is 11.9. The van der Waals surface area contributed by atoms with E-state index in [-0.39, 0.29) is 11.1 Å². The zero-order valence-corrected chi connectivity index (χ0v) is 11.6. The third-order valence-corrected chi connectivity index (χ3v) is 3.18. The molecule has 0 aliphatic heterocycles. The number of furan rings is 1. The quantitative estimate of drug-likeness (QED) is 0.817. The van der Waals surface area contributed by atoms with Gasteiger partial charge in [-0.25, -0.2) is 4.79 Å². The Labute approximate surface area is 118 Å². The van der Waals surface area contributed by atoms with Gasteiger partial charge in [0.05, 0.1) is 11.5 Å². The van der Waals surface area contributed by atoms with Gasteiger partial charge >= 0.3 is 6.03 Å². The number of rotatable bonds is 4. The summed E-state index contributed by atoms with van der Waals surface area (Å²) >= 11 is 1.05. The Morgan fingerprint density at radius 1 is 1.40 bits per heavy atom. The number of aromatic nitrogens is 2. The highest BCUT2D eigenvalue weighted by Crippen LogP contribution is 2.26. The first kappa shape index (κ1) is 14.1. The maximum atomic E-state index is 11.7. The van der Waals surface area contributed by atoms with Gasteiger partial charge < -0.3 is 14.2 Å². The molecule has 0 aromatic carbocycles. The fourth-order valence-corrected chi connectivity index (χ4v) is 1.92. The number of carbonyl (C=O) groups is 2. The van der Waals surface area contributed by atoms with Gasteiger partial charge in [-0.05, 0) is 19.1 Å². The van der Waals surface area contributed by atoms with Crippen molar-refractivity contribution in [1.29, 1.82) is 0 Å². The molecule has 0 aliphatic rings. The summed E-state index contributed by atoms with van der Waals surface area (Å²) in [6.45, 7) is 1.62. The highest BCUT2D eigenvalue weighted by atomic mass is 32.2. The molecule has 0 saturated carbocycles. The molecule has 106 valence electrons. The molecule has 0 fully saturated rings. The number of nitrogens with zero attached hydrogens (tertiary/aromatic N) is 2. The van der Waals surface area contributed by atoms with Crippen LogP contribution in [0.1, 0.15) is 6.92 Å². The summed E-state index contributed by atoms with van der Waals surface area (Å²) in [6, 6.07) is 2.82. The second-order valence-corrected chi connectivity index (χ2v) is 4.97. The van der Waals surface area contributed by atoms with Gasteiger partial charge in [-0.1, -0.05) is 11.8 Å². The van der Waals surface area contributed by atoms with E-state index in [1.807, 2.05) is 0 Å². The second kappa shape index (κ2) is 6.24. The van der Waals surface area contributed by atoms with Crippen LogP contribution in [0.2, 0.25) is 0 Å². The summed E-state index contributed by atoms with van der Waals surface area (Å²) in [5, 5.41) is 11.7. The third-order valence-electron chi connectivity index (χ3n) is 2.25. The molecule has 0 bridgehead atoms. The molecular formula is C11H12N4O4S. The third kappa shape index (κ3) is 3.38. The molecular weight excluding hydrogens is 284 g/mol. The van der Waals surface area contributed by atoms with Gasteiger partial charge in [-0.2, -0.15) is 0 Å². The van der Waals surface area contributed by atoms with Crippen molar-refractivity contribution in [2.75, 3.05) is 7.05 Å². The largest absolute Gasteiger partial charge is 0.459 e. The molecule has 2 rings (SSSR count). The van der Waals surface area contributed by atoms with E-state index >= 15 is 0 Å². The Morgan fingerprint density at radius 2 is 2.20 bits per heavy atom. The van der Waals surface area contributed by atoms with Crippen LogP contribution in [-0.4, -0.2) is 34.4 Å². The van der Waals surface area contributed by atoms with E-state index in [4.69, 9.17) is 8.83 Å². The predicted molar refractivity (Wildman–Crippen MR) is 69.9 cm³/mol. The Hall–Kier alpha value is -2.29. The van der Waals surface area contributed by atoms with Crippen LogP contribution in [0.25, 0.3) is 11.7 Å². The van der Waals surface area contributed by atoms with Crippen LogP contribution in [0.15, 0.2) is 32.5 Å². The Morgan fingerprint density at radius 3 is 2.85 bits per heavy atom. The maximum Gasteiger partial charge on any atom is 0.321 e. The minimum absolute atomic E-state index is 0.218. The van der Waals surface area contributed by atoms with Crippen molar-refractivity contribution in [1.82, 2.24) is 20.8 Å². The lowest BCUT2D eigenvalue weighted by Crippen LogP contribution is -2.41. The number of carbonyl (C=O) groups excluding carboxylic acids is 2. The Balaban J connectivity index is 1.96. The van der Waals surface area contributed by atoms with Gasteiger partial charge in [0.25, 0.3) is 11.1 Å². The van der Waals surface area contributed by atoms with Crippen LogP contribution in [0.3, 0.4) is 0 Å². The number of imide groups is 1. The van der Waals surface area contributed by atoms with Crippen LogP contribution in [0, 0.1) is 0 Å². The molecule has 2 aromatic rings. The molecule has 2 N–H and O–H groups in total. The molecule has 8 nitrogen and oxygen atoms in total. The summed E-state index contributed by atoms with van der Waals surface area (Å²) in [4.78, 5) is 22.7. The first-order chi connectivity index (χ1) is 9.60. The monoisotopic (exact) mass is 296 g/mol. The number of amides is 3.